The number of hydrogen-bond donors (Lipinski definition) is 1. The van der Waals surface area contributed by atoms with Gasteiger partial charge in [-0.3, -0.25) is 0 Å². The molecule has 2 aromatic heterocycles. The van der Waals surface area contributed by atoms with Crippen LogP contribution in [0, 0.1) is 5.82 Å². The maximum atomic E-state index is 13.3. The first kappa shape index (κ1) is 23.0. The molecule has 2 aromatic carbocycles. The number of hydrogen-bond acceptors (Lipinski definition) is 5. The molecule has 0 unspecified atom stereocenters. The van der Waals surface area contributed by atoms with Gasteiger partial charge in [-0.05, 0) is 48.2 Å². The molecular formula is C26H24FN3O4. The van der Waals surface area contributed by atoms with Crippen LogP contribution in [0.15, 0.2) is 82.7 Å². The Labute approximate surface area is 196 Å². The first-order valence-corrected chi connectivity index (χ1v) is 10.9. The van der Waals surface area contributed by atoms with E-state index in [1.165, 1.54) is 12.1 Å². The number of carboxylic acid groups (broad SMARTS) is 1. The van der Waals surface area contributed by atoms with Crippen molar-refractivity contribution in [3.63, 3.8) is 0 Å². The van der Waals surface area contributed by atoms with E-state index in [9.17, 15) is 14.3 Å². The number of benzene rings is 2. The number of rotatable bonds is 10. The average molecular weight is 461 g/mol. The molecular weight excluding hydrogens is 437 g/mol. The fourth-order valence-electron chi connectivity index (χ4n) is 3.50. The second-order valence-corrected chi connectivity index (χ2v) is 7.79. The van der Waals surface area contributed by atoms with Crippen molar-refractivity contribution < 1.29 is 23.7 Å². The van der Waals surface area contributed by atoms with Crippen LogP contribution < -0.4 is 0 Å². The summed E-state index contributed by atoms with van der Waals surface area (Å²) in [6, 6.07) is 17.3. The third-order valence-electron chi connectivity index (χ3n) is 5.17. The first-order chi connectivity index (χ1) is 16.5. The number of aromatic carboxylic acids is 1. The van der Waals surface area contributed by atoms with Gasteiger partial charge in [-0.15, -0.1) is 0 Å². The van der Waals surface area contributed by atoms with Crippen LogP contribution in [0.1, 0.15) is 40.6 Å². The Morgan fingerprint density at radius 3 is 2.62 bits per heavy atom. The van der Waals surface area contributed by atoms with Crippen molar-refractivity contribution >= 4 is 11.7 Å². The van der Waals surface area contributed by atoms with Gasteiger partial charge in [-0.25, -0.2) is 9.18 Å². The van der Waals surface area contributed by atoms with Gasteiger partial charge in [0.25, 0.3) is 0 Å². The predicted octanol–water partition coefficient (Wildman–Crippen LogP) is 5.40. The third-order valence-corrected chi connectivity index (χ3v) is 5.17. The SMILES string of the molecule is CCCO/N=C(\Cn1cc(Cc2ccccc2)c(C(=O)O)c1)c1cc(-c2ccc(F)cc2)no1. The summed E-state index contributed by atoms with van der Waals surface area (Å²) in [5, 5.41) is 18.0. The summed E-state index contributed by atoms with van der Waals surface area (Å²) in [5.74, 6) is -0.954. The lowest BCUT2D eigenvalue weighted by atomic mass is 10.0. The molecule has 7 nitrogen and oxygen atoms in total. The third kappa shape index (κ3) is 5.58. The van der Waals surface area contributed by atoms with Crippen LogP contribution in [0.25, 0.3) is 11.3 Å². The summed E-state index contributed by atoms with van der Waals surface area (Å²) < 4.78 is 20.5. The summed E-state index contributed by atoms with van der Waals surface area (Å²) in [4.78, 5) is 17.3. The normalized spacial score (nSPS) is 11.5. The number of oxime groups is 1. The standard InChI is InChI=1S/C26H24FN3O4/c1-2-12-33-28-24(25-14-23(29-34-25)19-8-10-21(27)11-9-19)17-30-15-20(22(16-30)26(31)32)13-18-6-4-3-5-7-18/h3-11,14-16H,2,12-13,17H2,1H3,(H,31,32)/b28-24+. The molecule has 0 atom stereocenters. The van der Waals surface area contributed by atoms with E-state index in [1.54, 1.807) is 35.2 Å². The highest BCUT2D eigenvalue weighted by Gasteiger charge is 2.18. The molecule has 174 valence electrons. The molecule has 4 rings (SSSR count). The van der Waals surface area contributed by atoms with Gasteiger partial charge in [0.15, 0.2) is 5.76 Å². The molecule has 0 aliphatic heterocycles. The number of carboxylic acids is 1. The highest BCUT2D eigenvalue weighted by atomic mass is 19.1. The van der Waals surface area contributed by atoms with Crippen LogP contribution in [0.2, 0.25) is 0 Å². The van der Waals surface area contributed by atoms with Crippen molar-refractivity contribution in [3.8, 4) is 11.3 Å². The molecule has 0 saturated heterocycles. The first-order valence-electron chi connectivity index (χ1n) is 10.9. The molecule has 0 spiro atoms. The zero-order chi connectivity index (χ0) is 23.9. The lowest BCUT2D eigenvalue weighted by Crippen LogP contribution is -2.11. The van der Waals surface area contributed by atoms with Crippen LogP contribution in [-0.2, 0) is 17.8 Å². The van der Waals surface area contributed by atoms with Crippen LogP contribution >= 0.6 is 0 Å². The summed E-state index contributed by atoms with van der Waals surface area (Å²) in [6.07, 6.45) is 4.64. The molecule has 0 radical (unpaired) electrons. The second-order valence-electron chi connectivity index (χ2n) is 7.79. The van der Waals surface area contributed by atoms with Crippen LogP contribution in [0.5, 0.6) is 0 Å². The van der Waals surface area contributed by atoms with Gasteiger partial charge in [0.05, 0.1) is 12.1 Å². The van der Waals surface area contributed by atoms with Crippen molar-refractivity contribution in [2.24, 2.45) is 5.16 Å². The number of aromatic nitrogens is 2. The van der Waals surface area contributed by atoms with Crippen molar-refractivity contribution in [1.29, 1.82) is 0 Å². The smallest absolute Gasteiger partial charge is 0.337 e. The highest BCUT2D eigenvalue weighted by molar-refractivity contribution is 5.98. The summed E-state index contributed by atoms with van der Waals surface area (Å²) in [6.45, 7) is 2.61. The van der Waals surface area contributed by atoms with Crippen LogP contribution in [0.3, 0.4) is 0 Å². The Hall–Kier alpha value is -4.20. The maximum Gasteiger partial charge on any atom is 0.337 e. The minimum atomic E-state index is -0.997. The molecule has 1 N–H and O–H groups in total. The van der Waals surface area contributed by atoms with Gasteiger partial charge in [0, 0.05) is 24.0 Å². The van der Waals surface area contributed by atoms with Gasteiger partial charge >= 0.3 is 5.97 Å². The molecule has 2 heterocycles. The van der Waals surface area contributed by atoms with Gasteiger partial charge < -0.3 is 19.0 Å². The lowest BCUT2D eigenvalue weighted by molar-refractivity contribution is 0.0696. The molecule has 0 aliphatic rings. The minimum Gasteiger partial charge on any atom is -0.478 e. The highest BCUT2D eigenvalue weighted by Crippen LogP contribution is 2.21. The van der Waals surface area contributed by atoms with E-state index in [2.05, 4.69) is 10.3 Å². The zero-order valence-corrected chi connectivity index (χ0v) is 18.6. The fourth-order valence-corrected chi connectivity index (χ4v) is 3.50. The molecule has 8 heteroatoms. The molecule has 0 aliphatic carbocycles. The van der Waals surface area contributed by atoms with Gasteiger partial charge in [-0.2, -0.15) is 0 Å². The topological polar surface area (TPSA) is 89.9 Å². The lowest BCUT2D eigenvalue weighted by Gasteiger charge is -2.05. The Kier molecular flexibility index (Phi) is 7.17. The molecule has 34 heavy (non-hydrogen) atoms. The summed E-state index contributed by atoms with van der Waals surface area (Å²) in [7, 11) is 0. The maximum absolute atomic E-state index is 13.3. The van der Waals surface area contributed by atoms with Crippen LogP contribution in [-0.4, -0.2) is 33.1 Å². The van der Waals surface area contributed by atoms with E-state index in [0.717, 1.165) is 12.0 Å². The second kappa shape index (κ2) is 10.6. The number of halogens is 1. The van der Waals surface area contributed by atoms with E-state index in [1.807, 2.05) is 37.3 Å². The fraction of sp³-hybridized carbons (Fsp3) is 0.192. The summed E-state index contributed by atoms with van der Waals surface area (Å²) >= 11 is 0. The minimum absolute atomic E-state index is 0.219. The van der Waals surface area contributed by atoms with Crippen molar-refractivity contribution in [1.82, 2.24) is 9.72 Å². The molecule has 0 saturated carbocycles. The van der Waals surface area contributed by atoms with E-state index in [0.29, 0.717) is 41.3 Å². The molecule has 0 fully saturated rings. The quantitative estimate of drug-likeness (QED) is 0.194. The Balaban J connectivity index is 1.61. The van der Waals surface area contributed by atoms with E-state index in [4.69, 9.17) is 9.36 Å². The van der Waals surface area contributed by atoms with E-state index >= 15 is 0 Å². The Morgan fingerprint density at radius 2 is 1.91 bits per heavy atom. The predicted molar refractivity (Wildman–Crippen MR) is 125 cm³/mol. The monoisotopic (exact) mass is 461 g/mol. The van der Waals surface area contributed by atoms with Crippen molar-refractivity contribution in [3.05, 3.63) is 101 Å². The number of nitrogens with zero attached hydrogens (tertiary/aromatic N) is 3. The van der Waals surface area contributed by atoms with Crippen molar-refractivity contribution in [2.75, 3.05) is 6.61 Å². The van der Waals surface area contributed by atoms with Crippen molar-refractivity contribution in [2.45, 2.75) is 26.3 Å². The van der Waals surface area contributed by atoms with Gasteiger partial charge in [-0.1, -0.05) is 47.6 Å². The molecule has 0 bridgehead atoms. The Morgan fingerprint density at radius 1 is 1.15 bits per heavy atom. The molecule has 0 amide bonds. The summed E-state index contributed by atoms with van der Waals surface area (Å²) in [5.41, 5.74) is 3.61. The largest absolute Gasteiger partial charge is 0.478 e. The Bertz CT molecular complexity index is 1280. The van der Waals surface area contributed by atoms with Gasteiger partial charge in [0.2, 0.25) is 0 Å². The number of carbonyl (C=O) groups is 1. The van der Waals surface area contributed by atoms with Crippen LogP contribution in [0.4, 0.5) is 4.39 Å². The van der Waals surface area contributed by atoms with Gasteiger partial charge in [0.1, 0.15) is 23.8 Å². The van der Waals surface area contributed by atoms with E-state index < -0.39 is 5.97 Å². The zero-order valence-electron chi connectivity index (χ0n) is 18.6. The molecule has 4 aromatic rings. The average Bonchev–Trinajstić information content (AvgIpc) is 3.47. The van der Waals surface area contributed by atoms with E-state index in [-0.39, 0.29) is 17.9 Å².